The van der Waals surface area contributed by atoms with Crippen molar-refractivity contribution in [3.05, 3.63) is 69.2 Å². The van der Waals surface area contributed by atoms with E-state index in [0.29, 0.717) is 34.1 Å². The number of hydrogen-bond donors (Lipinski definition) is 1. The highest BCUT2D eigenvalue weighted by Gasteiger charge is 2.49. The fourth-order valence-electron chi connectivity index (χ4n) is 4.33. The monoisotopic (exact) mass is 538 g/mol. The normalized spacial score (nSPS) is 16.5. The molecule has 0 saturated carbocycles. The van der Waals surface area contributed by atoms with Gasteiger partial charge in [0.25, 0.3) is 5.78 Å². The number of ketones is 1. The summed E-state index contributed by atoms with van der Waals surface area (Å²) in [6.45, 7) is 3.40. The van der Waals surface area contributed by atoms with E-state index in [0.717, 1.165) is 21.8 Å². The van der Waals surface area contributed by atoms with Crippen LogP contribution in [0, 0.1) is 13.8 Å². The lowest BCUT2D eigenvalue weighted by molar-refractivity contribution is -0.132. The Morgan fingerprint density at radius 1 is 0.974 bits per heavy atom. The highest BCUT2D eigenvalue weighted by Crippen LogP contribution is 2.47. The zero-order valence-corrected chi connectivity index (χ0v) is 22.5. The summed E-state index contributed by atoms with van der Waals surface area (Å²) < 4.78 is 21.1. The van der Waals surface area contributed by atoms with Crippen molar-refractivity contribution in [2.45, 2.75) is 19.9 Å². The fourth-order valence-corrected chi connectivity index (χ4v) is 5.34. The highest BCUT2D eigenvalue weighted by atomic mass is 32.1. The van der Waals surface area contributed by atoms with Crippen LogP contribution in [-0.4, -0.2) is 56.2 Å². The largest absolute Gasteiger partial charge is 0.507 e. The molecule has 0 bridgehead atoms. The lowest BCUT2D eigenvalue weighted by Crippen LogP contribution is -2.29. The molecule has 2 heterocycles. The van der Waals surface area contributed by atoms with E-state index in [-0.39, 0.29) is 21.3 Å². The molecule has 1 saturated heterocycles. The van der Waals surface area contributed by atoms with Gasteiger partial charge >= 0.3 is 11.9 Å². The number of aliphatic hydroxyl groups excluding tert-OH is 1. The van der Waals surface area contributed by atoms with E-state index in [4.69, 9.17) is 18.9 Å². The van der Waals surface area contributed by atoms with Gasteiger partial charge in [-0.25, -0.2) is 9.78 Å². The molecule has 1 N–H and O–H groups in total. The number of Topliss-reactive ketones (excluding diaryl/α,β-unsaturated/α-hetero) is 1. The molecule has 1 atom stereocenters. The number of benzene rings is 2. The molecule has 1 fully saturated rings. The van der Waals surface area contributed by atoms with Gasteiger partial charge in [-0.1, -0.05) is 11.3 Å². The van der Waals surface area contributed by atoms with E-state index in [1.165, 1.54) is 28.4 Å². The second kappa shape index (κ2) is 10.5. The third-order valence-corrected chi connectivity index (χ3v) is 7.34. The molecule has 4 rings (SSSR count). The number of nitrogens with zero attached hydrogens (tertiary/aromatic N) is 2. The zero-order valence-electron chi connectivity index (χ0n) is 21.6. The van der Waals surface area contributed by atoms with Crippen molar-refractivity contribution in [1.82, 2.24) is 4.98 Å². The molecule has 3 aromatic rings. The molecular formula is C27H26N2O8S. The SMILES string of the molecule is COC(=O)c1sc(N2C(=O)C(=O)/C(=C(/O)c3ccc(OC)c(C)c3)[C@H]2c2cc(OC)ccc2OC)nc1C. The third-order valence-electron chi connectivity index (χ3n) is 6.21. The number of methoxy groups -OCH3 is 4. The van der Waals surface area contributed by atoms with Crippen molar-refractivity contribution >= 4 is 39.9 Å². The number of amides is 1. The van der Waals surface area contributed by atoms with Crippen molar-refractivity contribution in [1.29, 1.82) is 0 Å². The van der Waals surface area contributed by atoms with Crippen LogP contribution in [0.5, 0.6) is 17.2 Å². The topological polar surface area (TPSA) is 124 Å². The van der Waals surface area contributed by atoms with Crippen LogP contribution in [-0.2, 0) is 14.3 Å². The number of anilines is 1. The van der Waals surface area contributed by atoms with Gasteiger partial charge in [-0.15, -0.1) is 0 Å². The number of carbonyl (C=O) groups is 3. The van der Waals surface area contributed by atoms with E-state index in [1.54, 1.807) is 50.2 Å². The van der Waals surface area contributed by atoms with Crippen molar-refractivity contribution in [3.8, 4) is 17.2 Å². The third kappa shape index (κ3) is 4.45. The minimum absolute atomic E-state index is 0.0878. The molecule has 0 spiro atoms. The summed E-state index contributed by atoms with van der Waals surface area (Å²) in [6, 6.07) is 8.70. The summed E-state index contributed by atoms with van der Waals surface area (Å²) in [4.78, 5) is 45.0. The number of rotatable bonds is 7. The Balaban J connectivity index is 2.01. The summed E-state index contributed by atoms with van der Waals surface area (Å²) in [5.41, 5.74) is 1.59. The fraction of sp³-hybridized carbons (Fsp3) is 0.259. The molecule has 0 radical (unpaired) electrons. The summed E-state index contributed by atoms with van der Waals surface area (Å²) in [7, 11) is 5.70. The number of hydrogen-bond acceptors (Lipinski definition) is 10. The second-order valence-corrected chi connectivity index (χ2v) is 9.34. The summed E-state index contributed by atoms with van der Waals surface area (Å²) in [6.07, 6.45) is 0. The number of carbonyl (C=O) groups excluding carboxylic acids is 3. The number of aliphatic hydroxyl groups is 1. The lowest BCUT2D eigenvalue weighted by Gasteiger charge is -2.25. The lowest BCUT2D eigenvalue weighted by atomic mass is 9.94. The van der Waals surface area contributed by atoms with Gasteiger partial charge in [0.15, 0.2) is 5.13 Å². The number of aromatic nitrogens is 1. The quantitative estimate of drug-likeness (QED) is 0.204. The molecule has 11 heteroatoms. The van der Waals surface area contributed by atoms with Crippen molar-refractivity contribution < 1.29 is 38.4 Å². The predicted molar refractivity (Wildman–Crippen MR) is 140 cm³/mol. The standard InChI is InChI=1S/C27H26N2O8S/c1-13-11-15(7-9-18(13)35-4)22(30)20-21(17-12-16(34-3)8-10-19(17)36-5)29(25(32)23(20)31)27-28-14(2)24(38-27)26(33)37-6/h7-12,21,30H,1-6H3/b22-20+/t21-/m1/s1. The van der Waals surface area contributed by atoms with Crippen molar-refractivity contribution in [2.75, 3.05) is 33.3 Å². The number of ether oxygens (including phenoxy) is 4. The maximum atomic E-state index is 13.5. The molecule has 1 aliphatic rings. The molecule has 1 aromatic heterocycles. The maximum absolute atomic E-state index is 13.5. The van der Waals surface area contributed by atoms with E-state index in [1.807, 2.05) is 0 Å². The first kappa shape index (κ1) is 26.7. The number of esters is 1. The molecule has 38 heavy (non-hydrogen) atoms. The summed E-state index contributed by atoms with van der Waals surface area (Å²) in [5.74, 6) is -1.45. The Labute approximate surface area is 223 Å². The Bertz CT molecular complexity index is 1480. The first-order valence-electron chi connectivity index (χ1n) is 11.4. The zero-order chi connectivity index (χ0) is 27.7. The van der Waals surface area contributed by atoms with Gasteiger partial charge in [-0.3, -0.25) is 14.5 Å². The first-order valence-corrected chi connectivity index (χ1v) is 12.2. The van der Waals surface area contributed by atoms with E-state index < -0.39 is 23.7 Å². The van der Waals surface area contributed by atoms with Crippen LogP contribution in [0.3, 0.4) is 0 Å². The molecular weight excluding hydrogens is 512 g/mol. The van der Waals surface area contributed by atoms with E-state index in [9.17, 15) is 19.5 Å². The van der Waals surface area contributed by atoms with Gasteiger partial charge in [0.1, 0.15) is 33.9 Å². The second-order valence-electron chi connectivity index (χ2n) is 8.36. The first-order chi connectivity index (χ1) is 18.2. The van der Waals surface area contributed by atoms with Gasteiger partial charge in [-0.05, 0) is 55.8 Å². The van der Waals surface area contributed by atoms with Crippen LogP contribution in [0.15, 0.2) is 42.0 Å². The predicted octanol–water partition coefficient (Wildman–Crippen LogP) is 4.20. The highest BCUT2D eigenvalue weighted by molar-refractivity contribution is 7.17. The maximum Gasteiger partial charge on any atom is 0.350 e. The van der Waals surface area contributed by atoms with Gasteiger partial charge in [0.2, 0.25) is 0 Å². The molecule has 198 valence electrons. The molecule has 10 nitrogen and oxygen atoms in total. The number of aryl methyl sites for hydroxylation is 2. The Kier molecular flexibility index (Phi) is 7.40. The summed E-state index contributed by atoms with van der Waals surface area (Å²) in [5, 5.41) is 11.5. The van der Waals surface area contributed by atoms with Crippen molar-refractivity contribution in [3.63, 3.8) is 0 Å². The van der Waals surface area contributed by atoms with Crippen LogP contribution in [0.25, 0.3) is 5.76 Å². The molecule has 2 aromatic carbocycles. The molecule has 0 aliphatic carbocycles. The Morgan fingerprint density at radius 2 is 1.66 bits per heavy atom. The molecule has 1 amide bonds. The van der Waals surface area contributed by atoms with Gasteiger partial charge in [-0.2, -0.15) is 0 Å². The van der Waals surface area contributed by atoms with Gasteiger partial charge in [0.05, 0.1) is 39.7 Å². The number of thiazole rings is 1. The molecule has 0 unspecified atom stereocenters. The van der Waals surface area contributed by atoms with Gasteiger partial charge in [0, 0.05) is 11.1 Å². The Morgan fingerprint density at radius 3 is 2.26 bits per heavy atom. The molecule has 1 aliphatic heterocycles. The van der Waals surface area contributed by atoms with Crippen LogP contribution in [0.4, 0.5) is 5.13 Å². The average molecular weight is 539 g/mol. The van der Waals surface area contributed by atoms with E-state index in [2.05, 4.69) is 4.98 Å². The van der Waals surface area contributed by atoms with E-state index >= 15 is 0 Å². The Hall–Kier alpha value is -4.38. The van der Waals surface area contributed by atoms with Gasteiger partial charge < -0.3 is 24.1 Å². The van der Waals surface area contributed by atoms with Crippen LogP contribution < -0.4 is 19.1 Å². The van der Waals surface area contributed by atoms with Crippen LogP contribution in [0.1, 0.15) is 38.1 Å². The minimum atomic E-state index is -1.14. The summed E-state index contributed by atoms with van der Waals surface area (Å²) >= 11 is 0.908. The smallest absolute Gasteiger partial charge is 0.350 e. The van der Waals surface area contributed by atoms with Crippen molar-refractivity contribution in [2.24, 2.45) is 0 Å². The average Bonchev–Trinajstić information content (AvgIpc) is 3.43. The minimum Gasteiger partial charge on any atom is -0.507 e. The van der Waals surface area contributed by atoms with Crippen LogP contribution >= 0.6 is 11.3 Å². The van der Waals surface area contributed by atoms with Crippen LogP contribution in [0.2, 0.25) is 0 Å².